The summed E-state index contributed by atoms with van der Waals surface area (Å²) in [6.45, 7) is 2.08. The third-order valence-electron chi connectivity index (χ3n) is 2.68. The molecule has 1 N–H and O–H groups in total. The number of nitrogens with zero attached hydrogens (tertiary/aromatic N) is 1. The van der Waals surface area contributed by atoms with Gasteiger partial charge >= 0.3 is 0 Å². The van der Waals surface area contributed by atoms with E-state index in [4.69, 9.17) is 11.6 Å². The average Bonchev–Trinajstić information content (AvgIpc) is 2.73. The van der Waals surface area contributed by atoms with Crippen molar-refractivity contribution in [2.75, 3.05) is 6.61 Å². The Hall–Kier alpha value is -0.900. The lowest BCUT2D eigenvalue weighted by molar-refractivity contribution is 0.265. The number of aliphatic hydroxyl groups is 1. The van der Waals surface area contributed by atoms with Gasteiger partial charge in [0.2, 0.25) is 0 Å². The van der Waals surface area contributed by atoms with Gasteiger partial charge in [-0.3, -0.25) is 0 Å². The topological polar surface area (TPSA) is 33.1 Å². The largest absolute Gasteiger partial charge is 0.396 e. The summed E-state index contributed by atoms with van der Waals surface area (Å²) >= 11 is 7.81. The van der Waals surface area contributed by atoms with E-state index in [1.165, 1.54) is 4.88 Å². The summed E-state index contributed by atoms with van der Waals surface area (Å²) in [4.78, 5) is 5.41. The van der Waals surface area contributed by atoms with Crippen molar-refractivity contribution in [3.8, 4) is 0 Å². The first-order chi connectivity index (χ1) is 8.20. The maximum Gasteiger partial charge on any atom is 0.0896 e. The first kappa shape index (κ1) is 12.6. The van der Waals surface area contributed by atoms with Gasteiger partial charge in [0.1, 0.15) is 0 Å². The number of hydrogen-bond donors (Lipinski definition) is 1. The van der Waals surface area contributed by atoms with Crippen LogP contribution < -0.4 is 0 Å². The third-order valence-corrected chi connectivity index (χ3v) is 3.96. The van der Waals surface area contributed by atoms with Gasteiger partial charge in [-0.05, 0) is 25.0 Å². The van der Waals surface area contributed by atoms with Gasteiger partial charge in [-0.1, -0.05) is 29.8 Å². The Bertz CT molecular complexity index is 498. The number of hydrogen-bond acceptors (Lipinski definition) is 3. The molecule has 2 rings (SSSR count). The second-order valence-corrected chi connectivity index (χ2v) is 5.68. The minimum absolute atomic E-state index is 0.0450. The fourth-order valence-corrected chi connectivity index (χ4v) is 2.99. The van der Waals surface area contributed by atoms with Crippen LogP contribution in [0.25, 0.3) is 0 Å². The predicted molar refractivity (Wildman–Crippen MR) is 71.8 cm³/mol. The first-order valence-electron chi connectivity index (χ1n) is 5.47. The van der Waals surface area contributed by atoms with E-state index >= 15 is 0 Å². The molecule has 0 aliphatic rings. The van der Waals surface area contributed by atoms with E-state index in [-0.39, 0.29) is 12.5 Å². The van der Waals surface area contributed by atoms with E-state index in [0.29, 0.717) is 5.02 Å². The second-order valence-electron chi connectivity index (χ2n) is 3.95. The summed E-state index contributed by atoms with van der Waals surface area (Å²) in [5.41, 5.74) is 1.00. The number of aromatic nitrogens is 1. The van der Waals surface area contributed by atoms with E-state index in [0.717, 1.165) is 17.0 Å². The molecule has 1 aromatic carbocycles. The molecule has 0 amide bonds. The Kier molecular flexibility index (Phi) is 4.15. The van der Waals surface area contributed by atoms with E-state index in [9.17, 15) is 5.11 Å². The zero-order chi connectivity index (χ0) is 12.3. The molecule has 2 nitrogen and oxygen atoms in total. The van der Waals surface area contributed by atoms with Crippen molar-refractivity contribution in [3.63, 3.8) is 0 Å². The Morgan fingerprint density at radius 3 is 2.76 bits per heavy atom. The highest BCUT2D eigenvalue weighted by Gasteiger charge is 2.15. The summed E-state index contributed by atoms with van der Waals surface area (Å²) in [6, 6.07) is 7.67. The quantitative estimate of drug-likeness (QED) is 0.921. The fraction of sp³-hybridized carbons (Fsp3) is 0.308. The third kappa shape index (κ3) is 3.06. The summed E-state index contributed by atoms with van der Waals surface area (Å²) in [5, 5.41) is 11.3. The monoisotopic (exact) mass is 267 g/mol. The molecule has 90 valence electrons. The normalized spacial score (nSPS) is 12.6. The number of thiazole rings is 1. The summed E-state index contributed by atoms with van der Waals surface area (Å²) in [7, 11) is 0. The molecule has 17 heavy (non-hydrogen) atoms. The Morgan fingerprint density at radius 1 is 1.41 bits per heavy atom. The van der Waals surface area contributed by atoms with Crippen LogP contribution in [0.2, 0.25) is 5.02 Å². The van der Waals surface area contributed by atoms with Crippen LogP contribution in [0.3, 0.4) is 0 Å². The minimum Gasteiger partial charge on any atom is -0.396 e. The lowest BCUT2D eigenvalue weighted by Crippen LogP contribution is -2.07. The highest BCUT2D eigenvalue weighted by Crippen LogP contribution is 2.28. The summed E-state index contributed by atoms with van der Waals surface area (Å²) in [5.74, 6) is 0.0450. The Balaban J connectivity index is 2.20. The van der Waals surface area contributed by atoms with E-state index in [2.05, 4.69) is 4.98 Å². The van der Waals surface area contributed by atoms with Crippen molar-refractivity contribution in [1.82, 2.24) is 4.98 Å². The number of aliphatic hydroxyl groups excluding tert-OH is 1. The maximum absolute atomic E-state index is 9.50. The summed E-state index contributed by atoms with van der Waals surface area (Å²) in [6.07, 6.45) is 2.66. The molecular formula is C13H14ClNOS. The molecule has 2 aromatic rings. The number of benzene rings is 1. The molecule has 0 bridgehead atoms. The predicted octanol–water partition coefficient (Wildman–Crippen LogP) is 3.42. The van der Waals surface area contributed by atoms with Crippen molar-refractivity contribution in [2.45, 2.75) is 19.3 Å². The van der Waals surface area contributed by atoms with Crippen LogP contribution in [0.4, 0.5) is 0 Å². The zero-order valence-corrected chi connectivity index (χ0v) is 11.1. The molecular weight excluding hydrogens is 254 g/mol. The SMILES string of the molecule is Cc1ncc(CC(CO)c2ccccc2Cl)s1. The van der Waals surface area contributed by atoms with E-state index in [1.54, 1.807) is 11.3 Å². The van der Waals surface area contributed by atoms with Gasteiger partial charge in [0.25, 0.3) is 0 Å². The minimum atomic E-state index is 0.0450. The van der Waals surface area contributed by atoms with Crippen LogP contribution in [0.5, 0.6) is 0 Å². The molecule has 0 saturated carbocycles. The maximum atomic E-state index is 9.50. The molecule has 0 radical (unpaired) electrons. The molecule has 0 spiro atoms. The average molecular weight is 268 g/mol. The van der Waals surface area contributed by atoms with Crippen molar-refractivity contribution < 1.29 is 5.11 Å². The highest BCUT2D eigenvalue weighted by atomic mass is 35.5. The highest BCUT2D eigenvalue weighted by molar-refractivity contribution is 7.11. The Morgan fingerprint density at radius 2 is 2.18 bits per heavy atom. The fourth-order valence-electron chi connectivity index (χ4n) is 1.82. The Labute approximate surface area is 110 Å². The molecule has 4 heteroatoms. The van der Waals surface area contributed by atoms with Crippen molar-refractivity contribution in [1.29, 1.82) is 0 Å². The van der Waals surface area contributed by atoms with Gasteiger partial charge in [0.05, 0.1) is 11.6 Å². The first-order valence-corrected chi connectivity index (χ1v) is 6.66. The second kappa shape index (κ2) is 5.63. The van der Waals surface area contributed by atoms with Crippen LogP contribution in [0.1, 0.15) is 21.4 Å². The van der Waals surface area contributed by atoms with Crippen LogP contribution >= 0.6 is 22.9 Å². The molecule has 1 unspecified atom stereocenters. The van der Waals surface area contributed by atoms with Gasteiger partial charge < -0.3 is 5.11 Å². The lowest BCUT2D eigenvalue weighted by atomic mass is 9.96. The molecule has 0 aliphatic heterocycles. The van der Waals surface area contributed by atoms with Crippen molar-refractivity contribution in [2.24, 2.45) is 0 Å². The van der Waals surface area contributed by atoms with Gasteiger partial charge in [-0.2, -0.15) is 0 Å². The standard InChI is InChI=1S/C13H14ClNOS/c1-9-15-7-11(17-9)6-10(8-16)12-4-2-3-5-13(12)14/h2-5,7,10,16H,6,8H2,1H3. The van der Waals surface area contributed by atoms with E-state index in [1.807, 2.05) is 37.4 Å². The molecule has 1 heterocycles. The number of aryl methyl sites for hydroxylation is 1. The van der Waals surface area contributed by atoms with E-state index < -0.39 is 0 Å². The zero-order valence-electron chi connectivity index (χ0n) is 9.56. The van der Waals surface area contributed by atoms with Crippen LogP contribution in [-0.4, -0.2) is 16.7 Å². The molecule has 1 aromatic heterocycles. The van der Waals surface area contributed by atoms with Crippen LogP contribution in [0.15, 0.2) is 30.5 Å². The molecule has 0 aliphatic carbocycles. The van der Waals surface area contributed by atoms with Gasteiger partial charge in [0, 0.05) is 22.0 Å². The van der Waals surface area contributed by atoms with Crippen molar-refractivity contribution >= 4 is 22.9 Å². The van der Waals surface area contributed by atoms with Gasteiger partial charge in [-0.25, -0.2) is 4.98 Å². The van der Waals surface area contributed by atoms with Crippen molar-refractivity contribution in [3.05, 3.63) is 50.9 Å². The van der Waals surface area contributed by atoms with Gasteiger partial charge in [0.15, 0.2) is 0 Å². The van der Waals surface area contributed by atoms with Crippen LogP contribution in [0, 0.1) is 6.92 Å². The molecule has 0 saturated heterocycles. The van der Waals surface area contributed by atoms with Crippen LogP contribution in [-0.2, 0) is 6.42 Å². The van der Waals surface area contributed by atoms with Gasteiger partial charge in [-0.15, -0.1) is 11.3 Å². The lowest BCUT2D eigenvalue weighted by Gasteiger charge is -2.14. The smallest absolute Gasteiger partial charge is 0.0896 e. The number of rotatable bonds is 4. The summed E-state index contributed by atoms with van der Waals surface area (Å²) < 4.78 is 0. The molecule has 0 fully saturated rings. The number of halogens is 1. The molecule has 1 atom stereocenters.